The van der Waals surface area contributed by atoms with E-state index in [2.05, 4.69) is 10.3 Å². The number of hydrogen-bond acceptors (Lipinski definition) is 6. The Kier molecular flexibility index (Phi) is 7.23. The summed E-state index contributed by atoms with van der Waals surface area (Å²) in [7, 11) is 0. The smallest absolute Gasteiger partial charge is 0.339 e. The molecule has 5 rings (SSSR count). The molecule has 0 saturated carbocycles. The van der Waals surface area contributed by atoms with Crippen molar-refractivity contribution < 1.29 is 19.1 Å². The molecule has 0 bridgehead atoms. The zero-order chi connectivity index (χ0) is 25.6. The summed E-state index contributed by atoms with van der Waals surface area (Å²) in [4.78, 5) is 30.8. The van der Waals surface area contributed by atoms with Crippen molar-refractivity contribution in [1.29, 1.82) is 0 Å². The lowest BCUT2D eigenvalue weighted by atomic mass is 10.1. The number of hydrogen-bond donors (Lipinski definition) is 1. The normalized spacial score (nSPS) is 11.6. The van der Waals surface area contributed by atoms with Crippen LogP contribution in [0.15, 0.2) is 103 Å². The summed E-state index contributed by atoms with van der Waals surface area (Å²) >= 11 is 1.51. The largest absolute Gasteiger partial charge is 0.457 e. The van der Waals surface area contributed by atoms with Crippen molar-refractivity contribution in [2.24, 2.45) is 0 Å². The van der Waals surface area contributed by atoms with Gasteiger partial charge in [-0.05, 0) is 61.0 Å². The number of benzene rings is 4. The molecule has 0 spiro atoms. The molecule has 1 amide bonds. The van der Waals surface area contributed by atoms with E-state index in [0.717, 1.165) is 21.0 Å². The predicted molar refractivity (Wildman–Crippen MR) is 146 cm³/mol. The van der Waals surface area contributed by atoms with E-state index in [1.807, 2.05) is 66.7 Å². The average molecular weight is 509 g/mol. The summed E-state index contributed by atoms with van der Waals surface area (Å²) in [6.45, 7) is 1.80. The van der Waals surface area contributed by atoms with Gasteiger partial charge in [-0.2, -0.15) is 0 Å². The Balaban J connectivity index is 1.27. The molecule has 0 fully saturated rings. The second-order valence-electron chi connectivity index (χ2n) is 8.26. The van der Waals surface area contributed by atoms with Crippen molar-refractivity contribution in [3.05, 3.63) is 109 Å². The van der Waals surface area contributed by atoms with E-state index in [-0.39, 0.29) is 0 Å². The second kappa shape index (κ2) is 11.1. The summed E-state index contributed by atoms with van der Waals surface area (Å²) < 4.78 is 12.5. The van der Waals surface area contributed by atoms with Gasteiger partial charge in [0.15, 0.2) is 6.10 Å². The molecule has 0 saturated heterocycles. The molecule has 0 radical (unpaired) electrons. The monoisotopic (exact) mass is 508 g/mol. The SMILES string of the molecule is CCC(OC(=O)c1ccccc1-c1nc2ccccc2s1)C(=O)Nc1ccc(Oc2ccccc2)cc1. The molecule has 0 aliphatic carbocycles. The molecule has 1 aromatic heterocycles. The van der Waals surface area contributed by atoms with Crippen molar-refractivity contribution in [3.63, 3.8) is 0 Å². The number of para-hydroxylation sites is 2. The Morgan fingerprint density at radius 3 is 2.27 bits per heavy atom. The quantitative estimate of drug-likeness (QED) is 0.222. The molecule has 1 heterocycles. The van der Waals surface area contributed by atoms with Gasteiger partial charge in [-0.1, -0.05) is 55.5 Å². The summed E-state index contributed by atoms with van der Waals surface area (Å²) in [5.41, 5.74) is 2.50. The van der Waals surface area contributed by atoms with E-state index in [4.69, 9.17) is 9.47 Å². The van der Waals surface area contributed by atoms with Crippen LogP contribution in [0.3, 0.4) is 0 Å². The molecule has 0 aliphatic heterocycles. The highest BCUT2D eigenvalue weighted by molar-refractivity contribution is 7.21. The zero-order valence-electron chi connectivity index (χ0n) is 20.1. The van der Waals surface area contributed by atoms with Gasteiger partial charge in [-0.15, -0.1) is 11.3 Å². The zero-order valence-corrected chi connectivity index (χ0v) is 20.9. The van der Waals surface area contributed by atoms with Crippen LogP contribution in [0.1, 0.15) is 23.7 Å². The van der Waals surface area contributed by atoms with Gasteiger partial charge in [0.05, 0.1) is 15.8 Å². The number of esters is 1. The lowest BCUT2D eigenvalue weighted by molar-refractivity contribution is -0.124. The first-order valence-electron chi connectivity index (χ1n) is 11.9. The standard InChI is InChI=1S/C30H24N2O4S/c1-2-26(28(33)31-20-16-18-22(19-17-20)35-21-10-4-3-5-11-21)36-30(34)24-13-7-6-12-23(24)29-32-25-14-8-9-15-27(25)37-29/h3-19,26H,2H2,1H3,(H,31,33). The van der Waals surface area contributed by atoms with E-state index >= 15 is 0 Å². The predicted octanol–water partition coefficient (Wildman–Crippen LogP) is 7.33. The number of aromatic nitrogens is 1. The van der Waals surface area contributed by atoms with Crippen LogP contribution < -0.4 is 10.1 Å². The van der Waals surface area contributed by atoms with E-state index in [0.29, 0.717) is 29.0 Å². The van der Waals surface area contributed by atoms with Crippen LogP contribution in [-0.2, 0) is 9.53 Å². The molecular formula is C30H24N2O4S. The number of anilines is 1. The maximum absolute atomic E-state index is 13.2. The van der Waals surface area contributed by atoms with E-state index < -0.39 is 18.0 Å². The topological polar surface area (TPSA) is 77.5 Å². The molecule has 6 nitrogen and oxygen atoms in total. The van der Waals surface area contributed by atoms with Crippen LogP contribution in [0.5, 0.6) is 11.5 Å². The third kappa shape index (κ3) is 5.68. The molecule has 1 N–H and O–H groups in total. The first-order chi connectivity index (χ1) is 18.1. The third-order valence-corrected chi connectivity index (χ3v) is 6.75. The minimum Gasteiger partial charge on any atom is -0.457 e. The van der Waals surface area contributed by atoms with Gasteiger partial charge in [0.25, 0.3) is 5.91 Å². The third-order valence-electron chi connectivity index (χ3n) is 5.68. The van der Waals surface area contributed by atoms with Crippen LogP contribution in [-0.4, -0.2) is 23.0 Å². The summed E-state index contributed by atoms with van der Waals surface area (Å²) in [6.07, 6.45) is -0.619. The maximum Gasteiger partial charge on any atom is 0.339 e. The maximum atomic E-state index is 13.2. The number of amides is 1. The lowest BCUT2D eigenvalue weighted by Crippen LogP contribution is -2.32. The summed E-state index contributed by atoms with van der Waals surface area (Å²) in [6, 6.07) is 31.4. The Morgan fingerprint density at radius 2 is 1.51 bits per heavy atom. The van der Waals surface area contributed by atoms with Crippen LogP contribution in [0.4, 0.5) is 5.69 Å². The fourth-order valence-corrected chi connectivity index (χ4v) is 4.81. The Morgan fingerprint density at radius 1 is 0.838 bits per heavy atom. The number of rotatable bonds is 8. The second-order valence-corrected chi connectivity index (χ2v) is 9.29. The van der Waals surface area contributed by atoms with Gasteiger partial charge in [-0.25, -0.2) is 9.78 Å². The first kappa shape index (κ1) is 24.2. The molecule has 184 valence electrons. The van der Waals surface area contributed by atoms with Gasteiger partial charge in [0.2, 0.25) is 0 Å². The van der Waals surface area contributed by atoms with Crippen LogP contribution in [0.25, 0.3) is 20.8 Å². The number of thiazole rings is 1. The van der Waals surface area contributed by atoms with Gasteiger partial charge in [-0.3, -0.25) is 4.79 Å². The number of nitrogens with zero attached hydrogens (tertiary/aromatic N) is 1. The molecule has 7 heteroatoms. The minimum atomic E-state index is -0.948. The van der Waals surface area contributed by atoms with E-state index in [1.54, 1.807) is 43.3 Å². The van der Waals surface area contributed by atoms with Crippen molar-refractivity contribution in [3.8, 4) is 22.1 Å². The minimum absolute atomic E-state index is 0.329. The Hall–Kier alpha value is -4.49. The highest BCUT2D eigenvalue weighted by Gasteiger charge is 2.24. The van der Waals surface area contributed by atoms with Crippen molar-refractivity contribution >= 4 is 39.1 Å². The highest BCUT2D eigenvalue weighted by Crippen LogP contribution is 2.32. The molecule has 4 aromatic carbocycles. The Labute approximate surface area is 218 Å². The van der Waals surface area contributed by atoms with Crippen LogP contribution in [0.2, 0.25) is 0 Å². The van der Waals surface area contributed by atoms with Gasteiger partial charge >= 0.3 is 5.97 Å². The van der Waals surface area contributed by atoms with Gasteiger partial charge in [0, 0.05) is 11.3 Å². The van der Waals surface area contributed by atoms with E-state index in [9.17, 15) is 9.59 Å². The first-order valence-corrected chi connectivity index (χ1v) is 12.7. The van der Waals surface area contributed by atoms with Crippen molar-refractivity contribution in [2.45, 2.75) is 19.4 Å². The summed E-state index contributed by atoms with van der Waals surface area (Å²) in [5.74, 6) is 0.408. The number of ether oxygens (including phenoxy) is 2. The number of nitrogens with one attached hydrogen (secondary N) is 1. The molecule has 1 atom stereocenters. The highest BCUT2D eigenvalue weighted by atomic mass is 32.1. The Bertz CT molecular complexity index is 1500. The molecule has 5 aromatic rings. The fraction of sp³-hybridized carbons (Fsp3) is 0.100. The fourth-order valence-electron chi connectivity index (χ4n) is 3.80. The van der Waals surface area contributed by atoms with Crippen molar-refractivity contribution in [2.75, 3.05) is 5.32 Å². The van der Waals surface area contributed by atoms with Crippen LogP contribution >= 0.6 is 11.3 Å². The number of carbonyl (C=O) groups is 2. The average Bonchev–Trinajstić information content (AvgIpc) is 3.37. The van der Waals surface area contributed by atoms with E-state index in [1.165, 1.54) is 11.3 Å². The molecule has 0 aliphatic rings. The van der Waals surface area contributed by atoms with Crippen molar-refractivity contribution in [1.82, 2.24) is 4.98 Å². The molecule has 1 unspecified atom stereocenters. The molecular weight excluding hydrogens is 484 g/mol. The molecule has 37 heavy (non-hydrogen) atoms. The number of fused-ring (bicyclic) bond motifs is 1. The van der Waals surface area contributed by atoms with Gasteiger partial charge in [0.1, 0.15) is 16.5 Å². The summed E-state index contributed by atoms with van der Waals surface area (Å²) in [5, 5.41) is 3.55. The lowest BCUT2D eigenvalue weighted by Gasteiger charge is -2.17. The van der Waals surface area contributed by atoms with Crippen LogP contribution in [0, 0.1) is 0 Å². The van der Waals surface area contributed by atoms with Gasteiger partial charge < -0.3 is 14.8 Å². The number of carbonyl (C=O) groups excluding carboxylic acids is 2.